The van der Waals surface area contributed by atoms with Crippen LogP contribution in [0.1, 0.15) is 36.9 Å². The minimum absolute atomic E-state index is 0.571. The first kappa shape index (κ1) is 8.68. The van der Waals surface area contributed by atoms with Gasteiger partial charge in [0, 0.05) is 11.9 Å². The fourth-order valence-corrected chi connectivity index (χ4v) is 1.65. The normalized spacial score (nSPS) is 13.4. The van der Waals surface area contributed by atoms with Gasteiger partial charge < -0.3 is 5.73 Å². The second-order valence-electron chi connectivity index (χ2n) is 2.68. The topological polar surface area (TPSA) is 38.9 Å². The van der Waals surface area contributed by atoms with Gasteiger partial charge in [-0.1, -0.05) is 13.8 Å². The standard InChI is InChI=1S/C8H14N2S/c1-3-6(2)7-5-11-8(4-9)10-7/h5-6H,3-4,9H2,1-2H3. The molecular weight excluding hydrogens is 156 g/mol. The summed E-state index contributed by atoms with van der Waals surface area (Å²) in [5, 5.41) is 3.15. The fourth-order valence-electron chi connectivity index (χ4n) is 0.854. The van der Waals surface area contributed by atoms with E-state index in [0.29, 0.717) is 12.5 Å². The molecule has 0 amide bonds. The number of hydrogen-bond acceptors (Lipinski definition) is 3. The zero-order chi connectivity index (χ0) is 8.27. The van der Waals surface area contributed by atoms with Gasteiger partial charge in [0.15, 0.2) is 0 Å². The van der Waals surface area contributed by atoms with Crippen LogP contribution in [-0.2, 0) is 6.54 Å². The van der Waals surface area contributed by atoms with E-state index in [0.717, 1.165) is 11.4 Å². The Kier molecular flexibility index (Phi) is 3.02. The van der Waals surface area contributed by atoms with Crippen LogP contribution in [0.4, 0.5) is 0 Å². The van der Waals surface area contributed by atoms with Crippen LogP contribution in [-0.4, -0.2) is 4.98 Å². The van der Waals surface area contributed by atoms with Gasteiger partial charge in [-0.15, -0.1) is 11.3 Å². The van der Waals surface area contributed by atoms with Crippen LogP contribution in [0.15, 0.2) is 5.38 Å². The minimum Gasteiger partial charge on any atom is -0.325 e. The van der Waals surface area contributed by atoms with E-state index in [4.69, 9.17) is 5.73 Å². The highest BCUT2D eigenvalue weighted by Crippen LogP contribution is 2.20. The number of nitrogens with zero attached hydrogens (tertiary/aromatic N) is 1. The first-order chi connectivity index (χ1) is 5.27. The molecule has 0 aliphatic rings. The summed E-state index contributed by atoms with van der Waals surface area (Å²) in [5.74, 6) is 0.576. The third-order valence-electron chi connectivity index (χ3n) is 1.86. The van der Waals surface area contributed by atoms with Crippen LogP contribution in [0.2, 0.25) is 0 Å². The van der Waals surface area contributed by atoms with Crippen molar-refractivity contribution in [2.45, 2.75) is 32.7 Å². The van der Waals surface area contributed by atoms with E-state index >= 15 is 0 Å². The summed E-state index contributed by atoms with van der Waals surface area (Å²) in [7, 11) is 0. The monoisotopic (exact) mass is 170 g/mol. The zero-order valence-electron chi connectivity index (χ0n) is 7.00. The predicted octanol–water partition coefficient (Wildman–Crippen LogP) is 2.12. The van der Waals surface area contributed by atoms with Crippen molar-refractivity contribution in [2.75, 3.05) is 0 Å². The molecule has 1 atom stereocenters. The van der Waals surface area contributed by atoms with Crippen molar-refractivity contribution < 1.29 is 0 Å². The Bertz CT molecular complexity index is 220. The van der Waals surface area contributed by atoms with E-state index in [2.05, 4.69) is 24.2 Å². The molecule has 0 saturated heterocycles. The molecular formula is C8H14N2S. The molecule has 1 unspecified atom stereocenters. The first-order valence-electron chi connectivity index (χ1n) is 3.92. The lowest BCUT2D eigenvalue weighted by Crippen LogP contribution is -1.97. The number of aromatic nitrogens is 1. The molecule has 0 spiro atoms. The summed E-state index contributed by atoms with van der Waals surface area (Å²) in [6, 6.07) is 0. The van der Waals surface area contributed by atoms with Crippen LogP contribution in [0.3, 0.4) is 0 Å². The van der Waals surface area contributed by atoms with E-state index in [1.54, 1.807) is 11.3 Å². The highest BCUT2D eigenvalue weighted by molar-refractivity contribution is 7.09. The van der Waals surface area contributed by atoms with Gasteiger partial charge in [0.1, 0.15) is 5.01 Å². The van der Waals surface area contributed by atoms with Gasteiger partial charge in [0.25, 0.3) is 0 Å². The second kappa shape index (κ2) is 3.83. The van der Waals surface area contributed by atoms with Crippen LogP contribution in [0.5, 0.6) is 0 Å². The highest BCUT2D eigenvalue weighted by atomic mass is 32.1. The van der Waals surface area contributed by atoms with E-state index in [-0.39, 0.29) is 0 Å². The Labute approximate surface area is 71.5 Å². The molecule has 0 aromatic carbocycles. The average molecular weight is 170 g/mol. The molecule has 1 aromatic heterocycles. The number of hydrogen-bond donors (Lipinski definition) is 1. The van der Waals surface area contributed by atoms with Crippen LogP contribution < -0.4 is 5.73 Å². The van der Waals surface area contributed by atoms with E-state index < -0.39 is 0 Å². The minimum atomic E-state index is 0.571. The molecule has 2 N–H and O–H groups in total. The second-order valence-corrected chi connectivity index (χ2v) is 3.62. The fraction of sp³-hybridized carbons (Fsp3) is 0.625. The van der Waals surface area contributed by atoms with E-state index in [1.165, 1.54) is 5.69 Å². The summed E-state index contributed by atoms with van der Waals surface area (Å²) in [6.07, 6.45) is 1.15. The molecule has 2 nitrogen and oxygen atoms in total. The quantitative estimate of drug-likeness (QED) is 0.754. The highest BCUT2D eigenvalue weighted by Gasteiger charge is 2.06. The Morgan fingerprint density at radius 3 is 2.91 bits per heavy atom. The van der Waals surface area contributed by atoms with Gasteiger partial charge in [-0.05, 0) is 12.3 Å². The van der Waals surface area contributed by atoms with Gasteiger partial charge in [-0.25, -0.2) is 4.98 Å². The van der Waals surface area contributed by atoms with Crippen molar-refractivity contribution in [1.82, 2.24) is 4.98 Å². The van der Waals surface area contributed by atoms with Crippen molar-refractivity contribution in [3.63, 3.8) is 0 Å². The average Bonchev–Trinajstić information content (AvgIpc) is 2.50. The molecule has 1 heterocycles. The number of nitrogens with two attached hydrogens (primary N) is 1. The van der Waals surface area contributed by atoms with E-state index in [1.807, 2.05) is 0 Å². The molecule has 11 heavy (non-hydrogen) atoms. The summed E-state index contributed by atoms with van der Waals surface area (Å²) in [6.45, 7) is 4.93. The van der Waals surface area contributed by atoms with Gasteiger partial charge in [0.05, 0.1) is 5.69 Å². The molecule has 0 saturated carbocycles. The maximum absolute atomic E-state index is 5.45. The van der Waals surface area contributed by atoms with Gasteiger partial charge in [-0.3, -0.25) is 0 Å². The third kappa shape index (κ3) is 2.01. The molecule has 0 bridgehead atoms. The first-order valence-corrected chi connectivity index (χ1v) is 4.80. The summed E-state index contributed by atoms with van der Waals surface area (Å²) in [5.41, 5.74) is 6.65. The molecule has 0 aliphatic carbocycles. The van der Waals surface area contributed by atoms with E-state index in [9.17, 15) is 0 Å². The van der Waals surface area contributed by atoms with Gasteiger partial charge in [0.2, 0.25) is 0 Å². The lowest BCUT2D eigenvalue weighted by Gasteiger charge is -2.01. The van der Waals surface area contributed by atoms with Crippen LogP contribution >= 0.6 is 11.3 Å². The van der Waals surface area contributed by atoms with Crippen molar-refractivity contribution >= 4 is 11.3 Å². The van der Waals surface area contributed by atoms with Crippen molar-refractivity contribution in [2.24, 2.45) is 5.73 Å². The lowest BCUT2D eigenvalue weighted by molar-refractivity contribution is 0.709. The molecule has 0 fully saturated rings. The van der Waals surface area contributed by atoms with Crippen LogP contribution in [0, 0.1) is 0 Å². The maximum Gasteiger partial charge on any atom is 0.106 e. The van der Waals surface area contributed by atoms with Crippen LogP contribution in [0.25, 0.3) is 0 Å². The van der Waals surface area contributed by atoms with Gasteiger partial charge in [-0.2, -0.15) is 0 Å². The SMILES string of the molecule is CCC(C)c1csc(CN)n1. The summed E-state index contributed by atoms with van der Waals surface area (Å²) >= 11 is 1.66. The Morgan fingerprint density at radius 2 is 2.45 bits per heavy atom. The Hall–Kier alpha value is -0.410. The molecule has 0 aliphatic heterocycles. The number of rotatable bonds is 3. The molecule has 0 radical (unpaired) electrons. The Morgan fingerprint density at radius 1 is 1.73 bits per heavy atom. The van der Waals surface area contributed by atoms with Crippen molar-refractivity contribution in [3.05, 3.63) is 16.1 Å². The maximum atomic E-state index is 5.45. The largest absolute Gasteiger partial charge is 0.325 e. The molecule has 62 valence electrons. The predicted molar refractivity (Wildman–Crippen MR) is 48.7 cm³/mol. The third-order valence-corrected chi connectivity index (χ3v) is 2.75. The van der Waals surface area contributed by atoms with Gasteiger partial charge >= 0.3 is 0 Å². The van der Waals surface area contributed by atoms with Crippen molar-refractivity contribution in [3.8, 4) is 0 Å². The lowest BCUT2D eigenvalue weighted by atomic mass is 10.1. The smallest absolute Gasteiger partial charge is 0.106 e. The molecule has 1 aromatic rings. The summed E-state index contributed by atoms with van der Waals surface area (Å²) < 4.78 is 0. The summed E-state index contributed by atoms with van der Waals surface area (Å²) in [4.78, 5) is 4.39. The zero-order valence-corrected chi connectivity index (χ0v) is 7.82. The number of thiazole rings is 1. The molecule has 1 rings (SSSR count). The molecule has 3 heteroatoms. The van der Waals surface area contributed by atoms with Crippen molar-refractivity contribution in [1.29, 1.82) is 0 Å². The Balaban J connectivity index is 2.71.